The van der Waals surface area contributed by atoms with E-state index in [4.69, 9.17) is 10.9 Å². The van der Waals surface area contributed by atoms with Crippen LogP contribution in [0.15, 0.2) is 23.1 Å². The highest BCUT2D eigenvalue weighted by molar-refractivity contribution is 7.89. The average molecular weight is 283 g/mol. The summed E-state index contributed by atoms with van der Waals surface area (Å²) in [6.07, 6.45) is 3.48. The summed E-state index contributed by atoms with van der Waals surface area (Å²) in [4.78, 5) is 2.18. The van der Waals surface area contributed by atoms with Crippen molar-refractivity contribution in [2.45, 2.75) is 31.1 Å². The zero-order valence-corrected chi connectivity index (χ0v) is 12.0. The molecule has 1 aliphatic carbocycles. The van der Waals surface area contributed by atoms with Crippen LogP contribution in [-0.2, 0) is 10.0 Å². The molecule has 4 N–H and O–H groups in total. The van der Waals surface area contributed by atoms with Gasteiger partial charge in [0.05, 0.1) is 11.4 Å². The maximum absolute atomic E-state index is 11.5. The van der Waals surface area contributed by atoms with E-state index < -0.39 is 10.0 Å². The second kappa shape index (κ2) is 5.38. The molecule has 0 aliphatic heterocycles. The molecule has 2 rings (SSSR count). The van der Waals surface area contributed by atoms with Crippen LogP contribution in [0.2, 0.25) is 0 Å². The summed E-state index contributed by atoms with van der Waals surface area (Å²) in [7, 11) is -3.77. The highest BCUT2D eigenvalue weighted by Crippen LogP contribution is 2.35. The van der Waals surface area contributed by atoms with E-state index in [0.29, 0.717) is 5.92 Å². The van der Waals surface area contributed by atoms with Gasteiger partial charge in [0.2, 0.25) is 10.0 Å². The Kier molecular flexibility index (Phi) is 4.01. The number of hydrogen-bond acceptors (Lipinski definition) is 4. The normalized spacial score (nSPS) is 15.5. The van der Waals surface area contributed by atoms with Crippen molar-refractivity contribution < 1.29 is 8.42 Å². The molecular formula is C13H21N3O2S. The van der Waals surface area contributed by atoms with Crippen molar-refractivity contribution in [3.8, 4) is 0 Å². The van der Waals surface area contributed by atoms with Crippen LogP contribution < -0.4 is 15.8 Å². The number of anilines is 2. The molecule has 1 saturated carbocycles. The summed E-state index contributed by atoms with van der Waals surface area (Å²) in [5.41, 5.74) is 7.04. The van der Waals surface area contributed by atoms with Crippen molar-refractivity contribution in [2.75, 3.05) is 23.7 Å². The Morgan fingerprint density at radius 1 is 1.37 bits per heavy atom. The number of sulfonamides is 1. The first-order valence-corrected chi connectivity index (χ1v) is 8.14. The summed E-state index contributed by atoms with van der Waals surface area (Å²) in [5.74, 6) is 0.712. The summed E-state index contributed by atoms with van der Waals surface area (Å²) >= 11 is 0. The predicted octanol–water partition coefficient (Wildman–Crippen LogP) is 1.54. The van der Waals surface area contributed by atoms with Gasteiger partial charge in [0.25, 0.3) is 0 Å². The number of benzene rings is 1. The van der Waals surface area contributed by atoms with E-state index in [9.17, 15) is 8.42 Å². The SMILES string of the molecule is CCCN(CC1CC1)c1cccc(S(N)(=O)=O)c1N. The second-order valence-electron chi connectivity index (χ2n) is 5.12. The van der Waals surface area contributed by atoms with Crippen molar-refractivity contribution >= 4 is 21.4 Å². The zero-order chi connectivity index (χ0) is 14.0. The van der Waals surface area contributed by atoms with Gasteiger partial charge in [-0.3, -0.25) is 0 Å². The van der Waals surface area contributed by atoms with Crippen LogP contribution in [0.3, 0.4) is 0 Å². The minimum Gasteiger partial charge on any atom is -0.396 e. The molecule has 6 heteroatoms. The minimum absolute atomic E-state index is 0.0156. The number of rotatable bonds is 6. The van der Waals surface area contributed by atoms with E-state index in [1.807, 2.05) is 6.07 Å². The molecule has 0 radical (unpaired) electrons. The van der Waals surface area contributed by atoms with Gasteiger partial charge in [0.1, 0.15) is 4.90 Å². The van der Waals surface area contributed by atoms with Gasteiger partial charge in [0, 0.05) is 13.1 Å². The molecule has 106 valence electrons. The van der Waals surface area contributed by atoms with E-state index in [0.717, 1.165) is 25.2 Å². The zero-order valence-electron chi connectivity index (χ0n) is 11.2. The lowest BCUT2D eigenvalue weighted by molar-refractivity contribution is 0.598. The number of nitrogen functional groups attached to an aromatic ring is 1. The molecule has 0 aromatic heterocycles. The van der Waals surface area contributed by atoms with Crippen molar-refractivity contribution in [3.05, 3.63) is 18.2 Å². The van der Waals surface area contributed by atoms with Gasteiger partial charge in [-0.25, -0.2) is 13.6 Å². The van der Waals surface area contributed by atoms with Crippen molar-refractivity contribution in [2.24, 2.45) is 11.1 Å². The summed E-state index contributed by atoms with van der Waals surface area (Å²) in [5, 5.41) is 5.19. The predicted molar refractivity (Wildman–Crippen MR) is 77.5 cm³/mol. The number of nitrogens with zero attached hydrogens (tertiary/aromatic N) is 1. The fourth-order valence-corrected chi connectivity index (χ4v) is 2.93. The van der Waals surface area contributed by atoms with Crippen LogP contribution in [0.1, 0.15) is 26.2 Å². The first-order chi connectivity index (χ1) is 8.93. The van der Waals surface area contributed by atoms with Crippen molar-refractivity contribution in [1.82, 2.24) is 0 Å². The number of hydrogen-bond donors (Lipinski definition) is 2. The molecular weight excluding hydrogens is 262 g/mol. The minimum atomic E-state index is -3.77. The Morgan fingerprint density at radius 2 is 2.05 bits per heavy atom. The van der Waals surface area contributed by atoms with E-state index in [-0.39, 0.29) is 10.6 Å². The van der Waals surface area contributed by atoms with Crippen LogP contribution in [-0.4, -0.2) is 21.5 Å². The quantitative estimate of drug-likeness (QED) is 0.775. The standard InChI is InChI=1S/C13H21N3O2S/c1-2-8-16(9-10-6-7-10)11-4-3-5-12(13(11)14)19(15,17)18/h3-5,10H,2,6-9,14H2,1H3,(H2,15,17,18). The van der Waals surface area contributed by atoms with Gasteiger partial charge in [0.15, 0.2) is 0 Å². The lowest BCUT2D eigenvalue weighted by Gasteiger charge is -2.26. The van der Waals surface area contributed by atoms with Gasteiger partial charge in [-0.1, -0.05) is 13.0 Å². The van der Waals surface area contributed by atoms with E-state index in [2.05, 4.69) is 11.8 Å². The number of nitrogens with two attached hydrogens (primary N) is 2. The Labute approximate surface area is 114 Å². The third-order valence-corrected chi connectivity index (χ3v) is 4.33. The van der Waals surface area contributed by atoms with Gasteiger partial charge in [-0.15, -0.1) is 0 Å². The fourth-order valence-electron chi connectivity index (χ4n) is 2.25. The molecule has 0 saturated heterocycles. The Bertz CT molecular complexity index is 553. The molecule has 0 heterocycles. The number of para-hydroxylation sites is 1. The molecule has 19 heavy (non-hydrogen) atoms. The van der Waals surface area contributed by atoms with E-state index in [1.54, 1.807) is 6.07 Å². The monoisotopic (exact) mass is 283 g/mol. The summed E-state index contributed by atoms with van der Waals surface area (Å²) in [6, 6.07) is 5.01. The van der Waals surface area contributed by atoms with Crippen molar-refractivity contribution in [1.29, 1.82) is 0 Å². The van der Waals surface area contributed by atoms with E-state index in [1.165, 1.54) is 18.9 Å². The molecule has 0 atom stereocenters. The molecule has 0 spiro atoms. The van der Waals surface area contributed by atoms with Crippen LogP contribution in [0, 0.1) is 5.92 Å². The van der Waals surface area contributed by atoms with Gasteiger partial charge < -0.3 is 10.6 Å². The Hall–Kier alpha value is -1.27. The molecule has 1 aromatic carbocycles. The van der Waals surface area contributed by atoms with Gasteiger partial charge in [-0.05, 0) is 37.3 Å². The lowest BCUT2D eigenvalue weighted by atomic mass is 10.2. The molecule has 1 aromatic rings. The summed E-state index contributed by atoms with van der Waals surface area (Å²) < 4.78 is 23.0. The summed E-state index contributed by atoms with van der Waals surface area (Å²) in [6.45, 7) is 3.90. The van der Waals surface area contributed by atoms with Crippen LogP contribution in [0.4, 0.5) is 11.4 Å². The number of primary sulfonamides is 1. The third-order valence-electron chi connectivity index (χ3n) is 3.36. The lowest BCUT2D eigenvalue weighted by Crippen LogP contribution is -2.28. The Morgan fingerprint density at radius 3 is 2.58 bits per heavy atom. The largest absolute Gasteiger partial charge is 0.396 e. The topological polar surface area (TPSA) is 89.4 Å². The maximum Gasteiger partial charge on any atom is 0.240 e. The maximum atomic E-state index is 11.5. The van der Waals surface area contributed by atoms with Crippen LogP contribution in [0.25, 0.3) is 0 Å². The second-order valence-corrected chi connectivity index (χ2v) is 6.65. The smallest absolute Gasteiger partial charge is 0.240 e. The molecule has 0 unspecified atom stereocenters. The Balaban J connectivity index is 2.35. The molecule has 1 fully saturated rings. The van der Waals surface area contributed by atoms with Gasteiger partial charge in [-0.2, -0.15) is 0 Å². The molecule has 1 aliphatic rings. The average Bonchev–Trinajstić information content (AvgIpc) is 3.11. The molecule has 0 bridgehead atoms. The van der Waals surface area contributed by atoms with Crippen LogP contribution >= 0.6 is 0 Å². The fraction of sp³-hybridized carbons (Fsp3) is 0.538. The van der Waals surface area contributed by atoms with Crippen molar-refractivity contribution in [3.63, 3.8) is 0 Å². The van der Waals surface area contributed by atoms with Crippen LogP contribution in [0.5, 0.6) is 0 Å². The first-order valence-electron chi connectivity index (χ1n) is 6.59. The van der Waals surface area contributed by atoms with Gasteiger partial charge >= 0.3 is 0 Å². The first kappa shape index (κ1) is 14.1. The van der Waals surface area contributed by atoms with E-state index >= 15 is 0 Å². The highest BCUT2D eigenvalue weighted by Gasteiger charge is 2.26. The highest BCUT2D eigenvalue weighted by atomic mass is 32.2. The molecule has 5 nitrogen and oxygen atoms in total. The molecule has 0 amide bonds. The third kappa shape index (κ3) is 3.39.